The molecule has 23 heavy (non-hydrogen) atoms. The molecule has 0 aliphatic carbocycles. The van der Waals surface area contributed by atoms with Gasteiger partial charge >= 0.3 is 0 Å². The number of carbonyl (C=O) groups is 1. The lowest BCUT2D eigenvalue weighted by Gasteiger charge is -2.31. The van der Waals surface area contributed by atoms with Gasteiger partial charge in [-0.3, -0.25) is 4.79 Å². The molecule has 2 aromatic heterocycles. The molecule has 1 aliphatic heterocycles. The number of aromatic nitrogens is 3. The third-order valence-electron chi connectivity index (χ3n) is 4.07. The Balaban J connectivity index is 1.55. The van der Waals surface area contributed by atoms with Gasteiger partial charge in [0.25, 0.3) is 0 Å². The van der Waals surface area contributed by atoms with Gasteiger partial charge in [-0.2, -0.15) is 0 Å². The molecule has 1 N–H and O–H groups in total. The average Bonchev–Trinajstić information content (AvgIpc) is 2.86. The van der Waals surface area contributed by atoms with Crippen molar-refractivity contribution in [2.75, 3.05) is 23.3 Å². The largest absolute Gasteiger partial charge is 0.355 e. The Morgan fingerprint density at radius 1 is 1.30 bits per heavy atom. The fraction of sp³-hybridized carbons (Fsp3) is 0.467. The predicted octanol–water partition coefficient (Wildman–Crippen LogP) is 3.06. The summed E-state index contributed by atoms with van der Waals surface area (Å²) in [4.78, 5) is 20.0. The normalized spacial score (nSPS) is 15.7. The third-order valence-corrected chi connectivity index (χ3v) is 5.26. The highest BCUT2D eigenvalue weighted by Crippen LogP contribution is 2.25. The fourth-order valence-electron chi connectivity index (χ4n) is 2.58. The van der Waals surface area contributed by atoms with Crippen LogP contribution in [0.1, 0.15) is 23.4 Å². The number of aryl methyl sites for hydroxylation is 2. The summed E-state index contributed by atoms with van der Waals surface area (Å²) in [6.45, 7) is 5.52. The maximum atomic E-state index is 12.4. The molecule has 1 aliphatic rings. The van der Waals surface area contributed by atoms with E-state index in [2.05, 4.69) is 25.4 Å². The Labute approximate surface area is 143 Å². The van der Waals surface area contributed by atoms with Gasteiger partial charge in [0, 0.05) is 23.9 Å². The van der Waals surface area contributed by atoms with Crippen LogP contribution in [0.5, 0.6) is 0 Å². The highest BCUT2D eigenvalue weighted by molar-refractivity contribution is 7.15. The fourth-order valence-corrected chi connectivity index (χ4v) is 3.50. The zero-order chi connectivity index (χ0) is 16.4. The molecular formula is C15H18ClN5OS. The number of piperidine rings is 1. The van der Waals surface area contributed by atoms with Crippen LogP contribution >= 0.6 is 22.9 Å². The van der Waals surface area contributed by atoms with Gasteiger partial charge < -0.3 is 10.2 Å². The van der Waals surface area contributed by atoms with Crippen molar-refractivity contribution in [3.63, 3.8) is 0 Å². The molecule has 3 rings (SSSR count). The predicted molar refractivity (Wildman–Crippen MR) is 92.2 cm³/mol. The Morgan fingerprint density at radius 3 is 2.61 bits per heavy atom. The van der Waals surface area contributed by atoms with Crippen molar-refractivity contribution in [2.24, 2.45) is 5.92 Å². The lowest BCUT2D eigenvalue weighted by atomic mass is 9.96. The van der Waals surface area contributed by atoms with Crippen LogP contribution in [0.15, 0.2) is 12.1 Å². The summed E-state index contributed by atoms with van der Waals surface area (Å²) in [5.41, 5.74) is 0.974. The quantitative estimate of drug-likeness (QED) is 0.920. The highest BCUT2D eigenvalue weighted by Gasteiger charge is 2.26. The molecule has 8 heteroatoms. The first kappa shape index (κ1) is 16.1. The maximum Gasteiger partial charge on any atom is 0.229 e. The lowest BCUT2D eigenvalue weighted by molar-refractivity contribution is -0.120. The minimum atomic E-state index is 0.0102. The van der Waals surface area contributed by atoms with E-state index >= 15 is 0 Å². The topological polar surface area (TPSA) is 71.0 Å². The number of carbonyl (C=O) groups excluding carboxylic acids is 1. The summed E-state index contributed by atoms with van der Waals surface area (Å²) in [5.74, 6) is 0.871. The van der Waals surface area contributed by atoms with E-state index in [1.54, 1.807) is 6.07 Å². The molecule has 0 spiro atoms. The minimum absolute atomic E-state index is 0.0102. The van der Waals surface area contributed by atoms with E-state index in [-0.39, 0.29) is 11.8 Å². The van der Waals surface area contributed by atoms with Crippen LogP contribution in [-0.4, -0.2) is 34.2 Å². The summed E-state index contributed by atoms with van der Waals surface area (Å²) in [5, 5.41) is 12.0. The van der Waals surface area contributed by atoms with Crippen LogP contribution in [0, 0.1) is 19.8 Å². The number of amides is 1. The first-order chi connectivity index (χ1) is 11.0. The van der Waals surface area contributed by atoms with Crippen LogP contribution in [0.25, 0.3) is 0 Å². The van der Waals surface area contributed by atoms with Gasteiger partial charge in [0.15, 0.2) is 16.1 Å². The van der Waals surface area contributed by atoms with Gasteiger partial charge in [0.2, 0.25) is 5.91 Å². The summed E-state index contributed by atoms with van der Waals surface area (Å²) in [7, 11) is 0. The number of anilines is 2. The number of nitrogens with zero attached hydrogens (tertiary/aromatic N) is 4. The summed E-state index contributed by atoms with van der Waals surface area (Å²) in [6, 6.07) is 3.59. The van der Waals surface area contributed by atoms with Crippen LogP contribution in [0.2, 0.25) is 5.15 Å². The monoisotopic (exact) mass is 351 g/mol. The standard InChI is InChI=1S/C15H18ClN5OS/c1-9-10(2)23-15(17-9)18-14(22)11-5-7-21(8-6-11)13-4-3-12(16)19-20-13/h3-4,11H,5-8H2,1-2H3,(H,17,18,22). The molecule has 6 nitrogen and oxygen atoms in total. The van der Waals surface area contributed by atoms with E-state index in [0.717, 1.165) is 42.3 Å². The van der Waals surface area contributed by atoms with Crippen LogP contribution < -0.4 is 10.2 Å². The summed E-state index contributed by atoms with van der Waals surface area (Å²) < 4.78 is 0. The van der Waals surface area contributed by atoms with E-state index in [4.69, 9.17) is 11.6 Å². The van der Waals surface area contributed by atoms with Crippen molar-refractivity contribution in [3.05, 3.63) is 27.9 Å². The first-order valence-corrected chi connectivity index (χ1v) is 8.71. The van der Waals surface area contributed by atoms with Gasteiger partial charge in [-0.1, -0.05) is 11.6 Å². The number of rotatable bonds is 3. The second-order valence-corrected chi connectivity index (χ2v) is 7.22. The van der Waals surface area contributed by atoms with Crippen LogP contribution in [-0.2, 0) is 4.79 Å². The molecule has 1 amide bonds. The van der Waals surface area contributed by atoms with E-state index in [9.17, 15) is 4.79 Å². The molecule has 0 atom stereocenters. The number of hydrogen-bond acceptors (Lipinski definition) is 6. The van der Waals surface area contributed by atoms with Crippen LogP contribution in [0.3, 0.4) is 0 Å². The van der Waals surface area contributed by atoms with Gasteiger partial charge in [-0.05, 0) is 38.8 Å². The highest BCUT2D eigenvalue weighted by atomic mass is 35.5. The molecule has 3 heterocycles. The van der Waals surface area contributed by atoms with Crippen molar-refractivity contribution in [2.45, 2.75) is 26.7 Å². The molecule has 0 radical (unpaired) electrons. The van der Waals surface area contributed by atoms with E-state index in [0.29, 0.717) is 10.3 Å². The smallest absolute Gasteiger partial charge is 0.229 e. The molecule has 2 aromatic rings. The van der Waals surface area contributed by atoms with Gasteiger partial charge in [0.1, 0.15) is 0 Å². The van der Waals surface area contributed by atoms with Crippen molar-refractivity contribution in [3.8, 4) is 0 Å². The minimum Gasteiger partial charge on any atom is -0.355 e. The zero-order valence-electron chi connectivity index (χ0n) is 13.0. The van der Waals surface area contributed by atoms with Crippen molar-refractivity contribution in [1.29, 1.82) is 0 Å². The first-order valence-electron chi connectivity index (χ1n) is 7.52. The summed E-state index contributed by atoms with van der Waals surface area (Å²) >= 11 is 7.28. The molecular weight excluding hydrogens is 334 g/mol. The van der Waals surface area contributed by atoms with Crippen molar-refractivity contribution in [1.82, 2.24) is 15.2 Å². The number of thiazole rings is 1. The molecule has 122 valence electrons. The Kier molecular flexibility index (Phi) is 4.77. The molecule has 1 saturated heterocycles. The lowest BCUT2D eigenvalue weighted by Crippen LogP contribution is -2.38. The Bertz CT molecular complexity index is 675. The van der Waals surface area contributed by atoms with Crippen molar-refractivity contribution < 1.29 is 4.79 Å². The summed E-state index contributed by atoms with van der Waals surface area (Å²) in [6.07, 6.45) is 1.58. The zero-order valence-corrected chi connectivity index (χ0v) is 14.6. The molecule has 0 aromatic carbocycles. The molecule has 1 fully saturated rings. The third kappa shape index (κ3) is 3.79. The molecule has 0 bridgehead atoms. The number of hydrogen-bond donors (Lipinski definition) is 1. The van der Waals surface area contributed by atoms with Crippen molar-refractivity contribution >= 4 is 39.8 Å². The van der Waals surface area contributed by atoms with Gasteiger partial charge in [0.05, 0.1) is 5.69 Å². The SMILES string of the molecule is Cc1nc(NC(=O)C2CCN(c3ccc(Cl)nn3)CC2)sc1C. The maximum absolute atomic E-state index is 12.4. The second kappa shape index (κ2) is 6.80. The number of halogens is 1. The Hall–Kier alpha value is -1.73. The second-order valence-electron chi connectivity index (χ2n) is 5.63. The van der Waals surface area contributed by atoms with E-state index in [1.807, 2.05) is 19.9 Å². The van der Waals surface area contributed by atoms with E-state index < -0.39 is 0 Å². The molecule has 0 saturated carbocycles. The average molecular weight is 352 g/mol. The van der Waals surface area contributed by atoms with Crippen LogP contribution in [0.4, 0.5) is 10.9 Å². The van der Waals surface area contributed by atoms with E-state index in [1.165, 1.54) is 11.3 Å². The molecule has 0 unspecified atom stereocenters. The Morgan fingerprint density at radius 2 is 2.04 bits per heavy atom. The van der Waals surface area contributed by atoms with Gasteiger partial charge in [-0.15, -0.1) is 21.5 Å². The van der Waals surface area contributed by atoms with Gasteiger partial charge in [-0.25, -0.2) is 4.98 Å². The number of nitrogens with one attached hydrogen (secondary N) is 1.